The van der Waals surface area contributed by atoms with E-state index in [1.54, 1.807) is 12.5 Å². The van der Waals surface area contributed by atoms with E-state index in [0.29, 0.717) is 23.1 Å². The molecule has 0 saturated carbocycles. The molecule has 0 aliphatic carbocycles. The second-order valence-corrected chi connectivity index (χ2v) is 7.33. The van der Waals surface area contributed by atoms with Crippen LogP contribution >= 0.6 is 11.6 Å². The summed E-state index contributed by atoms with van der Waals surface area (Å²) >= 11 is 6.55. The van der Waals surface area contributed by atoms with E-state index in [9.17, 15) is 0 Å². The van der Waals surface area contributed by atoms with Gasteiger partial charge in [0.05, 0.1) is 28.7 Å². The minimum atomic E-state index is 0.0624. The molecule has 1 aromatic carbocycles. The molecule has 0 amide bonds. The minimum absolute atomic E-state index is 0.0624. The van der Waals surface area contributed by atoms with Crippen LogP contribution in [0, 0.1) is 0 Å². The van der Waals surface area contributed by atoms with Gasteiger partial charge in [-0.2, -0.15) is 10.1 Å². The summed E-state index contributed by atoms with van der Waals surface area (Å²) in [7, 11) is 0. The van der Waals surface area contributed by atoms with Crippen LogP contribution in [0.2, 0.25) is 5.02 Å². The summed E-state index contributed by atoms with van der Waals surface area (Å²) in [6.45, 7) is 0.778. The fourth-order valence-corrected chi connectivity index (χ4v) is 3.81. The highest BCUT2D eigenvalue weighted by Crippen LogP contribution is 2.31. The number of imidazole rings is 1. The molecule has 0 spiro atoms. The lowest BCUT2D eigenvalue weighted by atomic mass is 10.1. The van der Waals surface area contributed by atoms with Gasteiger partial charge in [0.15, 0.2) is 5.82 Å². The zero-order chi connectivity index (χ0) is 19.8. The molecule has 4 aromatic rings. The summed E-state index contributed by atoms with van der Waals surface area (Å²) < 4.78 is 5.70. The first-order valence-electron chi connectivity index (χ1n) is 9.33. The summed E-state index contributed by atoms with van der Waals surface area (Å²) in [6.07, 6.45) is 5.95. The number of nitrogens with zero attached hydrogens (tertiary/aromatic N) is 4. The number of aromatic amines is 2. The molecule has 1 aliphatic rings. The zero-order valence-electron chi connectivity index (χ0n) is 15.4. The Morgan fingerprint density at radius 2 is 2.21 bits per heavy atom. The number of H-pyrrole nitrogens is 2. The smallest absolute Gasteiger partial charge is 0.221 e. The Labute approximate surface area is 171 Å². The molecular formula is C19H19ClN8O. The van der Waals surface area contributed by atoms with Crippen molar-refractivity contribution in [1.82, 2.24) is 30.1 Å². The first-order valence-corrected chi connectivity index (χ1v) is 9.71. The van der Waals surface area contributed by atoms with E-state index in [0.717, 1.165) is 47.3 Å². The number of nitrogen functional groups attached to an aromatic ring is 1. The molecule has 29 heavy (non-hydrogen) atoms. The largest absolute Gasteiger partial charge is 0.372 e. The summed E-state index contributed by atoms with van der Waals surface area (Å²) in [6, 6.07) is 5.85. The Bertz CT molecular complexity index is 1160. The third-order valence-electron chi connectivity index (χ3n) is 4.99. The van der Waals surface area contributed by atoms with E-state index >= 15 is 0 Å². The lowest BCUT2D eigenvalue weighted by Gasteiger charge is -2.11. The van der Waals surface area contributed by atoms with E-state index in [1.807, 2.05) is 18.2 Å². The van der Waals surface area contributed by atoms with Crippen molar-refractivity contribution < 1.29 is 4.74 Å². The normalized spacial score (nSPS) is 16.5. The Morgan fingerprint density at radius 3 is 3.07 bits per heavy atom. The number of benzene rings is 1. The number of nitrogens with one attached hydrogen (secondary N) is 3. The first kappa shape index (κ1) is 17.9. The Balaban J connectivity index is 1.43. The van der Waals surface area contributed by atoms with Gasteiger partial charge < -0.3 is 20.8 Å². The molecule has 1 aliphatic heterocycles. The van der Waals surface area contributed by atoms with Gasteiger partial charge in [0.2, 0.25) is 5.95 Å². The van der Waals surface area contributed by atoms with Gasteiger partial charge in [-0.3, -0.25) is 5.10 Å². The molecule has 5 rings (SSSR count). The average Bonchev–Trinajstić information content (AvgIpc) is 3.46. The number of halogens is 1. The number of anilines is 3. The predicted octanol–water partition coefficient (Wildman–Crippen LogP) is 3.50. The van der Waals surface area contributed by atoms with Crippen molar-refractivity contribution in [1.29, 1.82) is 0 Å². The molecule has 4 heterocycles. The summed E-state index contributed by atoms with van der Waals surface area (Å²) in [4.78, 5) is 15.8. The first-order chi connectivity index (χ1) is 14.2. The van der Waals surface area contributed by atoms with Crippen molar-refractivity contribution in [3.8, 4) is 0 Å². The maximum atomic E-state index is 6.55. The maximum Gasteiger partial charge on any atom is 0.221 e. The van der Waals surface area contributed by atoms with Gasteiger partial charge in [0.1, 0.15) is 11.3 Å². The Hall–Kier alpha value is -3.17. The molecule has 5 N–H and O–H groups in total. The molecule has 1 fully saturated rings. The fourth-order valence-electron chi connectivity index (χ4n) is 3.52. The second-order valence-electron chi connectivity index (χ2n) is 6.95. The van der Waals surface area contributed by atoms with E-state index in [2.05, 4.69) is 35.5 Å². The summed E-state index contributed by atoms with van der Waals surface area (Å²) in [5, 5.41) is 11.2. The third kappa shape index (κ3) is 3.50. The highest BCUT2D eigenvalue weighted by molar-refractivity contribution is 6.35. The van der Waals surface area contributed by atoms with Gasteiger partial charge in [-0.25, -0.2) is 9.97 Å². The van der Waals surface area contributed by atoms with Crippen molar-refractivity contribution in [2.24, 2.45) is 0 Å². The van der Waals surface area contributed by atoms with Gasteiger partial charge in [0.25, 0.3) is 0 Å². The lowest BCUT2D eigenvalue weighted by molar-refractivity contribution is 0.108. The highest BCUT2D eigenvalue weighted by atomic mass is 35.5. The van der Waals surface area contributed by atoms with Gasteiger partial charge in [0, 0.05) is 30.9 Å². The quantitative estimate of drug-likeness (QED) is 0.396. The van der Waals surface area contributed by atoms with Crippen LogP contribution < -0.4 is 11.1 Å². The van der Waals surface area contributed by atoms with Crippen LogP contribution in [0.4, 0.5) is 17.6 Å². The molecule has 148 valence electrons. The summed E-state index contributed by atoms with van der Waals surface area (Å²) in [5.41, 5.74) is 10.2. The third-order valence-corrected chi connectivity index (χ3v) is 5.42. The molecular weight excluding hydrogens is 392 g/mol. The number of hydrogen-bond donors (Lipinski definition) is 4. The summed E-state index contributed by atoms with van der Waals surface area (Å²) in [5.74, 6) is 1.41. The van der Waals surface area contributed by atoms with Crippen LogP contribution in [0.15, 0.2) is 30.7 Å². The standard InChI is InChI=1S/C19H19ClN8O/c20-16-10(3-4-12-17(16)24-9-23-12)6-11-8-22-19(21)26-18(11)25-15-7-13(27-28-15)14-2-1-5-29-14/h3-4,7-9,14H,1-2,5-6H2,(H,23,24)(H4,21,22,25,26,27,28). The molecule has 1 saturated heterocycles. The van der Waals surface area contributed by atoms with Crippen LogP contribution in [0.25, 0.3) is 11.0 Å². The van der Waals surface area contributed by atoms with Crippen molar-refractivity contribution in [3.63, 3.8) is 0 Å². The Kier molecular flexibility index (Phi) is 4.53. The van der Waals surface area contributed by atoms with E-state index in [1.165, 1.54) is 0 Å². The molecule has 3 aromatic heterocycles. The van der Waals surface area contributed by atoms with Crippen molar-refractivity contribution in [2.75, 3.05) is 17.7 Å². The number of aromatic nitrogens is 6. The van der Waals surface area contributed by atoms with E-state index < -0.39 is 0 Å². The van der Waals surface area contributed by atoms with Crippen LogP contribution in [0.3, 0.4) is 0 Å². The monoisotopic (exact) mass is 410 g/mol. The molecule has 0 bridgehead atoms. The van der Waals surface area contributed by atoms with Crippen LogP contribution in [0.1, 0.15) is 35.8 Å². The van der Waals surface area contributed by atoms with Crippen molar-refractivity contribution in [3.05, 3.63) is 52.6 Å². The van der Waals surface area contributed by atoms with Crippen LogP contribution in [-0.4, -0.2) is 36.7 Å². The lowest BCUT2D eigenvalue weighted by Crippen LogP contribution is -2.05. The molecule has 1 unspecified atom stereocenters. The van der Waals surface area contributed by atoms with E-state index in [4.69, 9.17) is 22.1 Å². The molecule has 0 radical (unpaired) electrons. The zero-order valence-corrected chi connectivity index (χ0v) is 16.2. The topological polar surface area (TPSA) is 130 Å². The number of ether oxygens (including phenoxy) is 1. The second kappa shape index (κ2) is 7.34. The molecule has 10 heteroatoms. The SMILES string of the molecule is Nc1ncc(Cc2ccc3[nH]cnc3c2Cl)c(Nc2cc(C3CCCO3)[nH]n2)n1. The van der Waals surface area contributed by atoms with Gasteiger partial charge in [-0.15, -0.1) is 0 Å². The number of fused-ring (bicyclic) bond motifs is 1. The number of nitrogens with two attached hydrogens (primary N) is 1. The fraction of sp³-hybridized carbons (Fsp3) is 0.263. The Morgan fingerprint density at radius 1 is 1.28 bits per heavy atom. The van der Waals surface area contributed by atoms with Gasteiger partial charge in [-0.1, -0.05) is 17.7 Å². The maximum absolute atomic E-state index is 6.55. The van der Waals surface area contributed by atoms with Crippen LogP contribution in [0.5, 0.6) is 0 Å². The minimum Gasteiger partial charge on any atom is -0.372 e. The number of rotatable bonds is 5. The molecule has 1 atom stereocenters. The van der Waals surface area contributed by atoms with Crippen molar-refractivity contribution in [2.45, 2.75) is 25.4 Å². The van der Waals surface area contributed by atoms with Crippen molar-refractivity contribution >= 4 is 40.2 Å². The average molecular weight is 411 g/mol. The predicted molar refractivity (Wildman–Crippen MR) is 110 cm³/mol. The number of hydrogen-bond acceptors (Lipinski definition) is 7. The van der Waals surface area contributed by atoms with Gasteiger partial charge in [-0.05, 0) is 24.5 Å². The highest BCUT2D eigenvalue weighted by Gasteiger charge is 2.20. The van der Waals surface area contributed by atoms with Gasteiger partial charge >= 0.3 is 0 Å². The molecule has 9 nitrogen and oxygen atoms in total. The van der Waals surface area contributed by atoms with Crippen LogP contribution in [-0.2, 0) is 11.2 Å². The van der Waals surface area contributed by atoms with E-state index in [-0.39, 0.29) is 12.1 Å².